The van der Waals surface area contributed by atoms with E-state index in [1.165, 1.54) is 16.6 Å². The maximum absolute atomic E-state index is 14.2. The summed E-state index contributed by atoms with van der Waals surface area (Å²) in [5.41, 5.74) is 3.11. The lowest BCUT2D eigenvalue weighted by Gasteiger charge is -2.05. The van der Waals surface area contributed by atoms with Crippen molar-refractivity contribution in [2.45, 2.75) is 6.61 Å². The Morgan fingerprint density at radius 3 is 2.58 bits per heavy atom. The molecule has 0 aliphatic rings. The first-order chi connectivity index (χ1) is 12.7. The summed E-state index contributed by atoms with van der Waals surface area (Å²) in [5.74, 6) is -0.419. The number of halogens is 1. The highest BCUT2D eigenvalue weighted by atomic mass is 19.1. The normalized spacial score (nSPS) is 11.2. The molecule has 4 rings (SSSR count). The van der Waals surface area contributed by atoms with Gasteiger partial charge in [-0.25, -0.2) is 13.9 Å². The maximum atomic E-state index is 14.2. The van der Waals surface area contributed by atoms with Crippen LogP contribution in [0.3, 0.4) is 0 Å². The fourth-order valence-electron chi connectivity index (χ4n) is 3.05. The van der Waals surface area contributed by atoms with E-state index >= 15 is 0 Å². The molecule has 2 aromatic heterocycles. The monoisotopic (exact) mass is 349 g/mol. The van der Waals surface area contributed by atoms with Crippen molar-refractivity contribution in [2.24, 2.45) is 0 Å². The van der Waals surface area contributed by atoms with Crippen LogP contribution in [0.5, 0.6) is 0 Å². The molecule has 0 bridgehead atoms. The molecule has 0 radical (unpaired) electrons. The molecule has 0 aliphatic carbocycles. The van der Waals surface area contributed by atoms with Crippen molar-refractivity contribution in [3.8, 4) is 22.4 Å². The average Bonchev–Trinajstić information content (AvgIpc) is 3.02. The number of aromatic nitrogens is 3. The zero-order chi connectivity index (χ0) is 18.1. The van der Waals surface area contributed by atoms with Crippen LogP contribution in [-0.2, 0) is 11.3 Å². The van der Waals surface area contributed by atoms with Crippen LogP contribution < -0.4 is 5.56 Å². The molecule has 130 valence electrons. The number of aromatic amines is 1. The Bertz CT molecular complexity index is 1130. The summed E-state index contributed by atoms with van der Waals surface area (Å²) in [7, 11) is 1.58. The van der Waals surface area contributed by atoms with Crippen molar-refractivity contribution >= 4 is 5.65 Å². The zero-order valence-corrected chi connectivity index (χ0v) is 14.1. The minimum absolute atomic E-state index is 0.292. The Balaban J connectivity index is 2.04. The molecule has 2 aromatic carbocycles. The quantitative estimate of drug-likeness (QED) is 0.612. The molecule has 0 saturated carbocycles. The summed E-state index contributed by atoms with van der Waals surface area (Å²) >= 11 is 0. The molecule has 0 saturated heterocycles. The van der Waals surface area contributed by atoms with Gasteiger partial charge in [0.1, 0.15) is 5.82 Å². The molecule has 26 heavy (non-hydrogen) atoms. The summed E-state index contributed by atoms with van der Waals surface area (Å²) in [6, 6.07) is 17.2. The van der Waals surface area contributed by atoms with Crippen LogP contribution in [-0.4, -0.2) is 21.7 Å². The summed E-state index contributed by atoms with van der Waals surface area (Å²) in [6.07, 6.45) is 0. The number of hydrogen-bond donors (Lipinski definition) is 1. The van der Waals surface area contributed by atoms with Crippen molar-refractivity contribution in [3.63, 3.8) is 0 Å². The van der Waals surface area contributed by atoms with Gasteiger partial charge in [0.05, 0.1) is 18.0 Å². The SMILES string of the molecule is COCc1[nH]n2c(=O)cc(-c3ccccc3F)nc2c1-c1ccccc1. The molecule has 1 N–H and O–H groups in total. The van der Waals surface area contributed by atoms with Gasteiger partial charge in [-0.1, -0.05) is 42.5 Å². The number of benzene rings is 2. The topological polar surface area (TPSA) is 59.4 Å². The second-order valence-corrected chi connectivity index (χ2v) is 5.88. The van der Waals surface area contributed by atoms with E-state index in [-0.39, 0.29) is 5.56 Å². The minimum atomic E-state index is -0.419. The van der Waals surface area contributed by atoms with Crippen LogP contribution >= 0.6 is 0 Å². The van der Waals surface area contributed by atoms with E-state index in [0.717, 1.165) is 16.8 Å². The van der Waals surface area contributed by atoms with E-state index in [0.29, 0.717) is 23.5 Å². The fourth-order valence-corrected chi connectivity index (χ4v) is 3.05. The van der Waals surface area contributed by atoms with Crippen LogP contribution in [0.25, 0.3) is 28.0 Å². The van der Waals surface area contributed by atoms with Gasteiger partial charge in [0, 0.05) is 24.3 Å². The Morgan fingerprint density at radius 1 is 1.12 bits per heavy atom. The van der Waals surface area contributed by atoms with Crippen molar-refractivity contribution in [3.05, 3.63) is 82.5 Å². The van der Waals surface area contributed by atoms with Crippen molar-refractivity contribution < 1.29 is 9.13 Å². The number of methoxy groups -OCH3 is 1. The van der Waals surface area contributed by atoms with Gasteiger partial charge in [-0.05, 0) is 17.7 Å². The number of H-pyrrole nitrogens is 1. The molecule has 0 unspecified atom stereocenters. The highest BCUT2D eigenvalue weighted by molar-refractivity contribution is 5.81. The van der Waals surface area contributed by atoms with E-state index < -0.39 is 5.82 Å². The van der Waals surface area contributed by atoms with E-state index in [1.54, 1.807) is 25.3 Å². The van der Waals surface area contributed by atoms with Gasteiger partial charge in [-0.3, -0.25) is 9.89 Å². The summed E-state index contributed by atoms with van der Waals surface area (Å²) in [5, 5.41) is 3.05. The minimum Gasteiger partial charge on any atom is -0.378 e. The molecule has 0 amide bonds. The number of nitrogens with zero attached hydrogens (tertiary/aromatic N) is 2. The summed E-state index contributed by atoms with van der Waals surface area (Å²) < 4.78 is 20.8. The number of hydrogen-bond acceptors (Lipinski definition) is 3. The second-order valence-electron chi connectivity index (χ2n) is 5.88. The Hall–Kier alpha value is -3.25. The molecule has 5 nitrogen and oxygen atoms in total. The lowest BCUT2D eigenvalue weighted by molar-refractivity contribution is 0.181. The first kappa shape index (κ1) is 16.2. The highest BCUT2D eigenvalue weighted by Gasteiger charge is 2.18. The van der Waals surface area contributed by atoms with E-state index in [9.17, 15) is 9.18 Å². The number of fused-ring (bicyclic) bond motifs is 1. The first-order valence-corrected chi connectivity index (χ1v) is 8.13. The predicted octanol–water partition coefficient (Wildman–Crippen LogP) is 3.64. The molecule has 6 heteroatoms. The van der Waals surface area contributed by atoms with E-state index in [2.05, 4.69) is 10.1 Å². The molecule has 0 atom stereocenters. The average molecular weight is 349 g/mol. The molecule has 2 heterocycles. The third-order valence-electron chi connectivity index (χ3n) is 4.19. The summed E-state index contributed by atoms with van der Waals surface area (Å²) in [6.45, 7) is 0.294. The van der Waals surface area contributed by atoms with Crippen LogP contribution in [0, 0.1) is 5.82 Å². The zero-order valence-electron chi connectivity index (χ0n) is 14.1. The highest BCUT2D eigenvalue weighted by Crippen LogP contribution is 2.29. The van der Waals surface area contributed by atoms with Crippen molar-refractivity contribution in [2.75, 3.05) is 7.11 Å². The molecular formula is C20H16FN3O2. The molecule has 0 aliphatic heterocycles. The molecule has 4 aromatic rings. The van der Waals surface area contributed by atoms with Gasteiger partial charge in [0.2, 0.25) is 0 Å². The number of rotatable bonds is 4. The van der Waals surface area contributed by atoms with Gasteiger partial charge >= 0.3 is 0 Å². The summed E-state index contributed by atoms with van der Waals surface area (Å²) in [4.78, 5) is 17.2. The van der Waals surface area contributed by atoms with Gasteiger partial charge in [0.25, 0.3) is 5.56 Å². The van der Waals surface area contributed by atoms with Crippen LogP contribution in [0.1, 0.15) is 5.69 Å². The van der Waals surface area contributed by atoms with Crippen molar-refractivity contribution in [1.29, 1.82) is 0 Å². The largest absolute Gasteiger partial charge is 0.378 e. The lowest BCUT2D eigenvalue weighted by atomic mass is 10.1. The van der Waals surface area contributed by atoms with E-state index in [1.807, 2.05) is 30.3 Å². The smallest absolute Gasteiger partial charge is 0.273 e. The lowest BCUT2D eigenvalue weighted by Crippen LogP contribution is -2.14. The second kappa shape index (κ2) is 6.57. The third-order valence-corrected chi connectivity index (χ3v) is 4.19. The van der Waals surface area contributed by atoms with Gasteiger partial charge < -0.3 is 4.74 Å². The Morgan fingerprint density at radius 2 is 1.85 bits per heavy atom. The number of nitrogens with one attached hydrogen (secondary N) is 1. The Labute approximate surface area is 148 Å². The van der Waals surface area contributed by atoms with E-state index in [4.69, 9.17) is 4.74 Å². The maximum Gasteiger partial charge on any atom is 0.273 e. The van der Waals surface area contributed by atoms with Gasteiger partial charge in [0.15, 0.2) is 5.65 Å². The Kier molecular flexibility index (Phi) is 4.10. The van der Waals surface area contributed by atoms with Crippen LogP contribution in [0.2, 0.25) is 0 Å². The molecule has 0 fully saturated rings. The van der Waals surface area contributed by atoms with Gasteiger partial charge in [-0.2, -0.15) is 0 Å². The molecular weight excluding hydrogens is 333 g/mol. The van der Waals surface area contributed by atoms with Crippen molar-refractivity contribution in [1.82, 2.24) is 14.6 Å². The third kappa shape index (κ3) is 2.70. The number of ether oxygens (including phenoxy) is 1. The van der Waals surface area contributed by atoms with Gasteiger partial charge in [-0.15, -0.1) is 0 Å². The molecule has 0 spiro atoms. The van der Waals surface area contributed by atoms with Crippen LogP contribution in [0.15, 0.2) is 65.5 Å². The first-order valence-electron chi connectivity index (χ1n) is 8.13. The van der Waals surface area contributed by atoms with Crippen LogP contribution in [0.4, 0.5) is 4.39 Å². The fraction of sp³-hybridized carbons (Fsp3) is 0.100. The predicted molar refractivity (Wildman–Crippen MR) is 97.4 cm³/mol. The standard InChI is InChI=1S/C20H16FN3O2/c1-26-12-17-19(13-7-3-2-4-8-13)20-22-16(11-18(25)24(20)23-17)14-9-5-6-10-15(14)21/h2-11,23H,12H2,1H3.